The van der Waals surface area contributed by atoms with E-state index in [0.717, 1.165) is 11.3 Å². The molecule has 11 heavy (non-hydrogen) atoms. The summed E-state index contributed by atoms with van der Waals surface area (Å²) in [5.74, 6) is 0.278. The summed E-state index contributed by atoms with van der Waals surface area (Å²) in [6.07, 6.45) is 0. The van der Waals surface area contributed by atoms with Gasteiger partial charge in [-0.15, -0.1) is 0 Å². The molecule has 0 atom stereocenters. The first-order valence-electron chi connectivity index (χ1n) is 3.15. The van der Waals surface area contributed by atoms with Gasteiger partial charge in [-0.2, -0.15) is 0 Å². The summed E-state index contributed by atoms with van der Waals surface area (Å²) in [6.45, 7) is 0. The number of benzene rings is 1. The Balaban J connectivity index is 2.72. The molecule has 0 unspecified atom stereocenters. The fraction of sp³-hybridized carbons (Fsp3) is 0. The van der Waals surface area contributed by atoms with Crippen molar-refractivity contribution >= 4 is 11.5 Å². The fourth-order valence-corrected chi connectivity index (χ4v) is 0.979. The zero-order chi connectivity index (χ0) is 7.68. The number of amidine groups is 1. The van der Waals surface area contributed by atoms with E-state index in [0.29, 0.717) is 0 Å². The van der Waals surface area contributed by atoms with E-state index < -0.39 is 0 Å². The Labute approximate surface area is 62.8 Å². The first-order chi connectivity index (χ1) is 5.42. The highest BCUT2D eigenvalue weighted by Crippen LogP contribution is 2.24. The molecular formula is C7H4N4. The van der Waals surface area contributed by atoms with E-state index in [2.05, 4.69) is 15.0 Å². The summed E-state index contributed by atoms with van der Waals surface area (Å²) in [6, 6.07) is 7.33. The number of rotatable bonds is 0. The maximum absolute atomic E-state index is 8.45. The van der Waals surface area contributed by atoms with E-state index in [-0.39, 0.29) is 5.84 Å². The molecule has 1 aliphatic rings. The van der Waals surface area contributed by atoms with Crippen molar-refractivity contribution in [1.82, 2.24) is 0 Å². The standard InChI is InChI=1S/C7H4N4/c8-9-7-5-3-1-2-4-6(5)10-11-7/h1-4H/i8+1. The van der Waals surface area contributed by atoms with Crippen LogP contribution >= 0.6 is 0 Å². The lowest BCUT2D eigenvalue weighted by atomic mass is 10.2. The lowest BCUT2D eigenvalue weighted by Crippen LogP contribution is -1.91. The second-order valence-corrected chi connectivity index (χ2v) is 2.14. The molecule has 52 valence electrons. The lowest BCUT2D eigenvalue weighted by Gasteiger charge is -1.85. The van der Waals surface area contributed by atoms with Crippen LogP contribution in [-0.4, -0.2) is 10.6 Å². The second kappa shape index (κ2) is 2.11. The Morgan fingerprint density at radius 1 is 1.18 bits per heavy atom. The molecule has 0 radical (unpaired) electrons. The van der Waals surface area contributed by atoms with E-state index in [1.165, 1.54) is 0 Å². The zero-order valence-corrected chi connectivity index (χ0v) is 5.60. The van der Waals surface area contributed by atoms with Gasteiger partial charge in [0.2, 0.25) is 0 Å². The predicted octanol–water partition coefficient (Wildman–Crippen LogP) is 1.76. The Morgan fingerprint density at radius 2 is 2.00 bits per heavy atom. The van der Waals surface area contributed by atoms with Gasteiger partial charge in [-0.05, 0) is 17.2 Å². The predicted molar refractivity (Wildman–Crippen MR) is 38.7 cm³/mol. The minimum absolute atomic E-state index is 0.278. The number of fused-ring (bicyclic) bond motifs is 1. The largest absolute Gasteiger partial charge is 0.497 e. The fourth-order valence-electron chi connectivity index (χ4n) is 0.979. The molecule has 0 amide bonds. The van der Waals surface area contributed by atoms with Gasteiger partial charge in [-0.1, -0.05) is 12.1 Å². The van der Waals surface area contributed by atoms with Gasteiger partial charge in [0.25, 0.3) is 0 Å². The smallest absolute Gasteiger partial charge is 0.435 e. The highest BCUT2D eigenvalue weighted by Gasteiger charge is 2.23. The van der Waals surface area contributed by atoms with Crippen LogP contribution in [0, 0.1) is 0 Å². The van der Waals surface area contributed by atoms with E-state index in [1.54, 1.807) is 0 Å². The van der Waals surface area contributed by atoms with E-state index in [1.807, 2.05) is 24.3 Å². The monoisotopic (exact) mass is 145 g/mol. The summed E-state index contributed by atoms with van der Waals surface area (Å²) in [7, 11) is 0. The van der Waals surface area contributed by atoms with Crippen LogP contribution in [0.3, 0.4) is 0 Å². The van der Waals surface area contributed by atoms with E-state index in [9.17, 15) is 0 Å². The molecule has 4 nitrogen and oxygen atoms in total. The zero-order valence-electron chi connectivity index (χ0n) is 5.60. The Kier molecular flexibility index (Phi) is 1.14. The summed E-state index contributed by atoms with van der Waals surface area (Å²) in [5, 5.41) is 7.43. The average Bonchev–Trinajstić information content (AvgIpc) is 2.47. The van der Waals surface area contributed by atoms with Crippen LogP contribution in [0.15, 0.2) is 34.5 Å². The highest BCUT2D eigenvalue weighted by molar-refractivity contribution is 6.01. The topological polar surface area (TPSA) is 61.1 Å². The highest BCUT2D eigenvalue weighted by atomic mass is 15.4. The van der Waals surface area contributed by atoms with Crippen molar-refractivity contribution in [1.29, 1.82) is 0 Å². The summed E-state index contributed by atoms with van der Waals surface area (Å²) in [4.78, 5) is 2.99. The SMILES string of the molecule is [15N-]=[N+]=C1N=Nc2ccccc21. The summed E-state index contributed by atoms with van der Waals surface area (Å²) in [5.41, 5.74) is 9.97. The van der Waals surface area contributed by atoms with Crippen LogP contribution in [0.1, 0.15) is 5.56 Å². The molecule has 1 aromatic rings. The summed E-state index contributed by atoms with van der Waals surface area (Å²) < 4.78 is 0. The minimum atomic E-state index is 0.278. The number of hydrogen-bond donors (Lipinski definition) is 0. The first kappa shape index (κ1) is 5.95. The first-order valence-corrected chi connectivity index (χ1v) is 3.15. The van der Waals surface area contributed by atoms with Gasteiger partial charge in [-0.3, -0.25) is 0 Å². The number of nitrogens with zero attached hydrogens (tertiary/aromatic N) is 4. The maximum atomic E-state index is 8.45. The van der Waals surface area contributed by atoms with Crippen molar-refractivity contribution in [3.8, 4) is 0 Å². The third-order valence-corrected chi connectivity index (χ3v) is 1.49. The molecule has 0 fully saturated rings. The Hall–Kier alpha value is -1.80. The number of hydrogen-bond acceptors (Lipinski definition) is 1. The Morgan fingerprint density at radius 3 is 2.82 bits per heavy atom. The van der Waals surface area contributed by atoms with Crippen molar-refractivity contribution < 1.29 is 4.79 Å². The Bertz CT molecular complexity index is 374. The molecule has 1 aromatic carbocycles. The van der Waals surface area contributed by atoms with E-state index >= 15 is 0 Å². The summed E-state index contributed by atoms with van der Waals surface area (Å²) >= 11 is 0. The van der Waals surface area contributed by atoms with Crippen LogP contribution in [0.25, 0.3) is 5.53 Å². The molecule has 0 spiro atoms. The molecule has 4 heteroatoms. The van der Waals surface area contributed by atoms with Crippen LogP contribution in [0.5, 0.6) is 0 Å². The van der Waals surface area contributed by atoms with Crippen LogP contribution in [-0.2, 0) is 0 Å². The molecule has 1 heterocycles. The van der Waals surface area contributed by atoms with Gasteiger partial charge in [0.15, 0.2) is 0 Å². The quantitative estimate of drug-likeness (QED) is 0.303. The third kappa shape index (κ3) is 0.772. The molecular weight excluding hydrogens is 141 g/mol. The van der Waals surface area contributed by atoms with Crippen molar-refractivity contribution in [2.75, 3.05) is 0 Å². The van der Waals surface area contributed by atoms with Crippen LogP contribution in [0.2, 0.25) is 0 Å². The number of azo groups is 1. The van der Waals surface area contributed by atoms with Gasteiger partial charge < -0.3 is 10.3 Å². The van der Waals surface area contributed by atoms with Crippen LogP contribution < -0.4 is 0 Å². The average molecular weight is 145 g/mol. The van der Waals surface area contributed by atoms with Gasteiger partial charge in [0.1, 0.15) is 11.3 Å². The molecule has 1 aliphatic heterocycles. The molecule has 0 saturated carbocycles. The van der Waals surface area contributed by atoms with Gasteiger partial charge in [0, 0.05) is 0 Å². The molecule has 0 N–H and O–H groups in total. The molecule has 0 aliphatic carbocycles. The van der Waals surface area contributed by atoms with Crippen molar-refractivity contribution in [3.05, 3.63) is 35.4 Å². The lowest BCUT2D eigenvalue weighted by molar-refractivity contribution is -0.00545. The van der Waals surface area contributed by atoms with Crippen molar-refractivity contribution in [2.45, 2.75) is 0 Å². The third-order valence-electron chi connectivity index (χ3n) is 1.49. The minimum Gasteiger partial charge on any atom is -0.497 e. The van der Waals surface area contributed by atoms with Gasteiger partial charge in [-0.25, -0.2) is 0 Å². The van der Waals surface area contributed by atoms with Gasteiger partial charge >= 0.3 is 5.84 Å². The second-order valence-electron chi connectivity index (χ2n) is 2.14. The van der Waals surface area contributed by atoms with Crippen LogP contribution in [0.4, 0.5) is 5.69 Å². The normalized spacial score (nSPS) is 12.9. The molecule has 2 rings (SSSR count). The maximum Gasteiger partial charge on any atom is 0.435 e. The molecule has 0 saturated heterocycles. The van der Waals surface area contributed by atoms with Gasteiger partial charge in [0.05, 0.1) is 5.11 Å². The molecule has 0 aromatic heterocycles. The van der Waals surface area contributed by atoms with Crippen molar-refractivity contribution in [2.24, 2.45) is 10.2 Å². The molecule has 0 bridgehead atoms. The van der Waals surface area contributed by atoms with E-state index in [4.69, 9.17) is 5.53 Å². The van der Waals surface area contributed by atoms with Crippen molar-refractivity contribution in [3.63, 3.8) is 0 Å².